The SMILES string of the molecule is CCCn1c(O)c([C@H]2c3[nH]c4ccccc4c3CC[NH+]2C)c(=O)[nH]c1=O. The third kappa shape index (κ3) is 2.39. The van der Waals surface area contributed by atoms with Crippen LogP contribution in [0.4, 0.5) is 0 Å². The lowest BCUT2D eigenvalue weighted by Gasteiger charge is -2.30. The number of aromatic nitrogens is 3. The van der Waals surface area contributed by atoms with Crippen molar-refractivity contribution < 1.29 is 10.0 Å². The number of nitrogens with zero attached hydrogens (tertiary/aromatic N) is 1. The lowest BCUT2D eigenvalue weighted by molar-refractivity contribution is -0.908. The number of hydrogen-bond donors (Lipinski definition) is 4. The van der Waals surface area contributed by atoms with Crippen LogP contribution in [0.3, 0.4) is 0 Å². The highest BCUT2D eigenvalue weighted by molar-refractivity contribution is 5.85. The molecule has 0 amide bonds. The normalized spacial score (nSPS) is 19.6. The summed E-state index contributed by atoms with van der Waals surface area (Å²) in [7, 11) is 2.01. The molecule has 136 valence electrons. The Morgan fingerprint density at radius 3 is 2.81 bits per heavy atom. The summed E-state index contributed by atoms with van der Waals surface area (Å²) in [5, 5.41) is 11.9. The van der Waals surface area contributed by atoms with E-state index in [1.165, 1.54) is 10.1 Å². The number of fused-ring (bicyclic) bond motifs is 3. The number of hydrogen-bond acceptors (Lipinski definition) is 3. The second kappa shape index (κ2) is 6.17. The maximum atomic E-state index is 12.6. The molecule has 1 aliphatic rings. The van der Waals surface area contributed by atoms with E-state index in [9.17, 15) is 14.7 Å². The Hall–Kier alpha value is -2.80. The van der Waals surface area contributed by atoms with Gasteiger partial charge in [0.2, 0.25) is 5.88 Å². The highest BCUT2D eigenvalue weighted by atomic mass is 16.3. The van der Waals surface area contributed by atoms with E-state index in [2.05, 4.69) is 16.0 Å². The fraction of sp³-hybridized carbons (Fsp3) is 0.368. The molecule has 0 bridgehead atoms. The fourth-order valence-electron chi connectivity index (χ4n) is 4.11. The average molecular weight is 355 g/mol. The summed E-state index contributed by atoms with van der Waals surface area (Å²) in [6.45, 7) is 3.12. The number of H-pyrrole nitrogens is 2. The largest absolute Gasteiger partial charge is 0.494 e. The summed E-state index contributed by atoms with van der Waals surface area (Å²) in [6, 6.07) is 7.72. The molecular formula is C19H23N4O3+. The standard InChI is InChI=1S/C19H22N4O3/c1-3-9-23-18(25)14(17(24)21-19(23)26)16-15-12(8-10-22(16)2)11-6-4-5-7-13(11)20-15/h4-7,16,20,25H,3,8-10H2,1-2H3,(H,21,24,26)/p+1/t16-/m0/s1. The molecule has 0 saturated carbocycles. The van der Waals surface area contributed by atoms with Gasteiger partial charge in [0.1, 0.15) is 5.56 Å². The Balaban J connectivity index is 1.99. The highest BCUT2D eigenvalue weighted by Crippen LogP contribution is 2.32. The van der Waals surface area contributed by atoms with E-state index in [-0.39, 0.29) is 17.5 Å². The predicted octanol–water partition coefficient (Wildman–Crippen LogP) is 0.294. The molecule has 0 aliphatic carbocycles. The minimum absolute atomic E-state index is 0.226. The molecular weight excluding hydrogens is 332 g/mol. The van der Waals surface area contributed by atoms with E-state index in [0.717, 1.165) is 34.5 Å². The zero-order valence-electron chi connectivity index (χ0n) is 14.9. The van der Waals surface area contributed by atoms with Crippen molar-refractivity contribution in [3.63, 3.8) is 0 Å². The minimum atomic E-state index is -0.566. The van der Waals surface area contributed by atoms with E-state index in [1.807, 2.05) is 32.2 Å². The quantitative estimate of drug-likeness (QED) is 0.544. The van der Waals surface area contributed by atoms with Crippen molar-refractivity contribution in [2.24, 2.45) is 0 Å². The van der Waals surface area contributed by atoms with Crippen LogP contribution < -0.4 is 16.1 Å². The van der Waals surface area contributed by atoms with Crippen molar-refractivity contribution in [2.75, 3.05) is 13.6 Å². The van der Waals surface area contributed by atoms with Crippen LogP contribution in [0, 0.1) is 0 Å². The third-order valence-electron chi connectivity index (χ3n) is 5.34. The number of likely N-dealkylation sites (N-methyl/N-ethyl adjacent to an activating group) is 1. The van der Waals surface area contributed by atoms with Crippen molar-refractivity contribution in [1.82, 2.24) is 14.5 Å². The van der Waals surface area contributed by atoms with Crippen molar-refractivity contribution in [2.45, 2.75) is 32.4 Å². The topological polar surface area (TPSA) is 95.3 Å². The van der Waals surface area contributed by atoms with Gasteiger partial charge in [0, 0.05) is 23.9 Å². The minimum Gasteiger partial charge on any atom is -0.494 e. The smallest absolute Gasteiger partial charge is 0.331 e. The maximum absolute atomic E-state index is 12.6. The van der Waals surface area contributed by atoms with E-state index < -0.39 is 11.2 Å². The predicted molar refractivity (Wildman–Crippen MR) is 98.9 cm³/mol. The zero-order chi connectivity index (χ0) is 18.4. The molecule has 1 aliphatic heterocycles. The summed E-state index contributed by atoms with van der Waals surface area (Å²) >= 11 is 0. The number of para-hydroxylation sites is 1. The first kappa shape index (κ1) is 16.7. The molecule has 0 spiro atoms. The molecule has 3 aromatic rings. The van der Waals surface area contributed by atoms with Crippen LogP contribution in [-0.2, 0) is 13.0 Å². The molecule has 7 nitrogen and oxygen atoms in total. The number of nitrogens with one attached hydrogen (secondary N) is 3. The second-order valence-electron chi connectivity index (χ2n) is 6.99. The molecule has 2 aromatic heterocycles. The molecule has 1 aromatic carbocycles. The number of aromatic amines is 2. The van der Waals surface area contributed by atoms with Crippen LogP contribution in [0.15, 0.2) is 33.9 Å². The Morgan fingerprint density at radius 2 is 2.04 bits per heavy atom. The Kier molecular flexibility index (Phi) is 3.96. The molecule has 4 rings (SSSR count). The van der Waals surface area contributed by atoms with Crippen LogP contribution in [0.5, 0.6) is 5.88 Å². The molecule has 0 radical (unpaired) electrons. The van der Waals surface area contributed by atoms with Gasteiger partial charge in [0.05, 0.1) is 19.3 Å². The van der Waals surface area contributed by atoms with E-state index in [0.29, 0.717) is 13.0 Å². The molecule has 1 unspecified atom stereocenters. The van der Waals surface area contributed by atoms with Gasteiger partial charge in [-0.3, -0.25) is 14.3 Å². The number of quaternary nitrogens is 1. The highest BCUT2D eigenvalue weighted by Gasteiger charge is 2.37. The van der Waals surface area contributed by atoms with Crippen LogP contribution >= 0.6 is 0 Å². The van der Waals surface area contributed by atoms with Gasteiger partial charge in [0.25, 0.3) is 5.56 Å². The number of aromatic hydroxyl groups is 1. The van der Waals surface area contributed by atoms with Crippen molar-refractivity contribution in [3.05, 3.63) is 61.9 Å². The average Bonchev–Trinajstić information content (AvgIpc) is 2.99. The van der Waals surface area contributed by atoms with Gasteiger partial charge in [0.15, 0.2) is 6.04 Å². The van der Waals surface area contributed by atoms with Crippen LogP contribution in [-0.4, -0.2) is 33.2 Å². The lowest BCUT2D eigenvalue weighted by Crippen LogP contribution is -3.10. The van der Waals surface area contributed by atoms with Crippen molar-refractivity contribution in [3.8, 4) is 5.88 Å². The second-order valence-corrected chi connectivity index (χ2v) is 6.99. The first-order valence-electron chi connectivity index (χ1n) is 9.00. The van der Waals surface area contributed by atoms with E-state index >= 15 is 0 Å². The Labute approximate surface area is 149 Å². The molecule has 4 N–H and O–H groups in total. The van der Waals surface area contributed by atoms with Gasteiger partial charge in [-0.25, -0.2) is 4.79 Å². The summed E-state index contributed by atoms with van der Waals surface area (Å²) in [6.07, 6.45) is 1.58. The monoisotopic (exact) mass is 355 g/mol. The first-order valence-corrected chi connectivity index (χ1v) is 9.00. The van der Waals surface area contributed by atoms with Gasteiger partial charge in [-0.2, -0.15) is 0 Å². The summed E-state index contributed by atoms with van der Waals surface area (Å²) in [4.78, 5) is 31.6. The molecule has 3 heterocycles. The van der Waals surface area contributed by atoms with E-state index in [4.69, 9.17) is 0 Å². The number of benzene rings is 1. The van der Waals surface area contributed by atoms with Gasteiger partial charge in [-0.05, 0) is 18.1 Å². The van der Waals surface area contributed by atoms with Crippen LogP contribution in [0.2, 0.25) is 0 Å². The van der Waals surface area contributed by atoms with Gasteiger partial charge >= 0.3 is 5.69 Å². The van der Waals surface area contributed by atoms with Crippen LogP contribution in [0.25, 0.3) is 10.9 Å². The molecule has 0 saturated heterocycles. The summed E-state index contributed by atoms with van der Waals surface area (Å²) < 4.78 is 1.25. The zero-order valence-corrected chi connectivity index (χ0v) is 14.9. The first-order chi connectivity index (χ1) is 12.5. The third-order valence-corrected chi connectivity index (χ3v) is 5.34. The van der Waals surface area contributed by atoms with Gasteiger partial charge < -0.3 is 15.0 Å². The van der Waals surface area contributed by atoms with Crippen molar-refractivity contribution >= 4 is 10.9 Å². The maximum Gasteiger partial charge on any atom is 0.331 e. The van der Waals surface area contributed by atoms with Gasteiger partial charge in [-0.15, -0.1) is 0 Å². The summed E-state index contributed by atoms with van der Waals surface area (Å²) in [5.41, 5.74) is 2.32. The van der Waals surface area contributed by atoms with Gasteiger partial charge in [-0.1, -0.05) is 25.1 Å². The van der Waals surface area contributed by atoms with Crippen LogP contribution in [0.1, 0.15) is 36.2 Å². The summed E-state index contributed by atoms with van der Waals surface area (Å²) in [5.74, 6) is -0.226. The molecule has 0 fully saturated rings. The Morgan fingerprint density at radius 1 is 1.27 bits per heavy atom. The van der Waals surface area contributed by atoms with Crippen molar-refractivity contribution in [1.29, 1.82) is 0 Å². The van der Waals surface area contributed by atoms with E-state index in [1.54, 1.807) is 0 Å². The molecule has 26 heavy (non-hydrogen) atoms. The Bertz CT molecular complexity index is 1090. The molecule has 2 atom stereocenters. The number of rotatable bonds is 3. The lowest BCUT2D eigenvalue weighted by atomic mass is 9.94. The molecule has 7 heteroatoms. The fourth-order valence-corrected chi connectivity index (χ4v) is 4.11.